The van der Waals surface area contributed by atoms with Crippen molar-refractivity contribution in [1.29, 1.82) is 0 Å². The van der Waals surface area contributed by atoms with E-state index in [0.717, 1.165) is 38.6 Å². The van der Waals surface area contributed by atoms with Crippen LogP contribution in [0, 0.1) is 6.92 Å². The lowest BCUT2D eigenvalue weighted by atomic mass is 10.0. The lowest BCUT2D eigenvalue weighted by Gasteiger charge is -2.09. The first-order valence-corrected chi connectivity index (χ1v) is 9.74. The first-order chi connectivity index (χ1) is 14.8. The fraction of sp³-hybridized carbons (Fsp3) is 0.0400. The molecule has 144 valence electrons. The number of benzene rings is 3. The molecule has 0 aliphatic heterocycles. The fourth-order valence-electron chi connectivity index (χ4n) is 3.50. The van der Waals surface area contributed by atoms with Gasteiger partial charge in [0.25, 0.3) is 0 Å². The molecular weight excluding hydrogens is 370 g/mol. The molecule has 0 bridgehead atoms. The van der Waals surface area contributed by atoms with Crippen LogP contribution in [0.4, 0.5) is 5.95 Å². The highest BCUT2D eigenvalue weighted by Gasteiger charge is 2.10. The number of hydrazone groups is 1. The number of hydrogen-bond acceptors (Lipinski definition) is 5. The highest BCUT2D eigenvalue weighted by molar-refractivity contribution is 5.98. The predicted molar refractivity (Wildman–Crippen MR) is 123 cm³/mol. The zero-order valence-corrected chi connectivity index (χ0v) is 16.4. The molecule has 0 aliphatic carbocycles. The second kappa shape index (κ2) is 7.72. The predicted octanol–water partition coefficient (Wildman–Crippen LogP) is 5.60. The van der Waals surface area contributed by atoms with Crippen molar-refractivity contribution in [3.8, 4) is 11.3 Å². The van der Waals surface area contributed by atoms with Crippen LogP contribution >= 0.6 is 0 Å². The lowest BCUT2D eigenvalue weighted by molar-refractivity contribution is 1.15. The molecule has 5 heteroatoms. The third-order valence-electron chi connectivity index (χ3n) is 4.95. The zero-order chi connectivity index (χ0) is 20.3. The third-order valence-corrected chi connectivity index (χ3v) is 4.95. The molecule has 5 rings (SSSR count). The summed E-state index contributed by atoms with van der Waals surface area (Å²) in [4.78, 5) is 13.8. The van der Waals surface area contributed by atoms with Gasteiger partial charge in [-0.1, -0.05) is 60.2 Å². The normalized spacial score (nSPS) is 11.4. The molecule has 3 aromatic carbocycles. The van der Waals surface area contributed by atoms with Gasteiger partial charge in [0.2, 0.25) is 5.95 Å². The highest BCUT2D eigenvalue weighted by atomic mass is 15.3. The number of hydrogen-bond donors (Lipinski definition) is 1. The molecule has 0 unspecified atom stereocenters. The maximum Gasteiger partial charge on any atom is 0.244 e. The monoisotopic (exact) mass is 389 g/mol. The van der Waals surface area contributed by atoms with Gasteiger partial charge >= 0.3 is 0 Å². The van der Waals surface area contributed by atoms with Crippen molar-refractivity contribution in [1.82, 2.24) is 15.0 Å². The van der Waals surface area contributed by atoms with Crippen LogP contribution in [0.1, 0.15) is 11.1 Å². The fourth-order valence-corrected chi connectivity index (χ4v) is 3.50. The number of rotatable bonds is 4. The first kappa shape index (κ1) is 17.9. The Bertz CT molecular complexity index is 1370. The number of fused-ring (bicyclic) bond motifs is 2. The quantitative estimate of drug-likeness (QED) is 0.321. The van der Waals surface area contributed by atoms with E-state index in [2.05, 4.69) is 51.7 Å². The van der Waals surface area contributed by atoms with Crippen LogP contribution in [-0.4, -0.2) is 21.2 Å². The van der Waals surface area contributed by atoms with E-state index in [-0.39, 0.29) is 0 Å². The standard InChI is InChI=1S/C25H19N5/c1-17-11-12-23-21(15-17)24(18-7-3-2-4-8-18)29-25(28-23)30-27-16-19-13-14-26-22-10-6-5-9-20(19)22/h2-16H,1H3,(H,28,29,30)/b27-16+. The van der Waals surface area contributed by atoms with Gasteiger partial charge in [-0.2, -0.15) is 5.10 Å². The van der Waals surface area contributed by atoms with Gasteiger partial charge in [-0.3, -0.25) is 4.98 Å². The van der Waals surface area contributed by atoms with E-state index in [9.17, 15) is 0 Å². The molecular formula is C25H19N5. The number of aryl methyl sites for hydroxylation is 1. The molecule has 0 fully saturated rings. The Morgan fingerprint density at radius 1 is 0.800 bits per heavy atom. The van der Waals surface area contributed by atoms with Crippen molar-refractivity contribution in [2.24, 2.45) is 5.10 Å². The van der Waals surface area contributed by atoms with Gasteiger partial charge < -0.3 is 0 Å². The summed E-state index contributed by atoms with van der Waals surface area (Å²) in [6, 6.07) is 26.3. The third kappa shape index (κ3) is 3.49. The molecule has 1 N–H and O–H groups in total. The van der Waals surface area contributed by atoms with E-state index in [4.69, 9.17) is 4.98 Å². The summed E-state index contributed by atoms with van der Waals surface area (Å²) in [6.07, 6.45) is 3.56. The van der Waals surface area contributed by atoms with E-state index in [1.807, 2.05) is 54.6 Å². The van der Waals surface area contributed by atoms with Crippen molar-refractivity contribution in [3.63, 3.8) is 0 Å². The van der Waals surface area contributed by atoms with Crippen molar-refractivity contribution in [3.05, 3.63) is 96.2 Å². The van der Waals surface area contributed by atoms with Gasteiger partial charge in [0.05, 0.1) is 22.9 Å². The van der Waals surface area contributed by atoms with Crippen molar-refractivity contribution >= 4 is 34.0 Å². The molecule has 2 aromatic heterocycles. The van der Waals surface area contributed by atoms with E-state index in [0.29, 0.717) is 5.95 Å². The molecule has 0 aliphatic rings. The highest BCUT2D eigenvalue weighted by Crippen LogP contribution is 2.28. The summed E-state index contributed by atoms with van der Waals surface area (Å²) < 4.78 is 0. The van der Waals surface area contributed by atoms with E-state index >= 15 is 0 Å². The van der Waals surface area contributed by atoms with Gasteiger partial charge in [0.1, 0.15) is 0 Å². The molecule has 2 heterocycles. The Balaban J connectivity index is 1.53. The zero-order valence-electron chi connectivity index (χ0n) is 16.4. The smallest absolute Gasteiger partial charge is 0.244 e. The summed E-state index contributed by atoms with van der Waals surface area (Å²) >= 11 is 0. The van der Waals surface area contributed by atoms with Crippen LogP contribution in [-0.2, 0) is 0 Å². The van der Waals surface area contributed by atoms with Gasteiger partial charge in [-0.25, -0.2) is 15.4 Å². The van der Waals surface area contributed by atoms with Crippen molar-refractivity contribution < 1.29 is 0 Å². The van der Waals surface area contributed by atoms with Crippen LogP contribution in [0.3, 0.4) is 0 Å². The number of nitrogens with one attached hydrogen (secondary N) is 1. The van der Waals surface area contributed by atoms with E-state index in [1.54, 1.807) is 12.4 Å². The summed E-state index contributed by atoms with van der Waals surface area (Å²) in [5.41, 5.74) is 8.90. The molecule has 30 heavy (non-hydrogen) atoms. The van der Waals surface area contributed by atoms with Crippen LogP contribution in [0.5, 0.6) is 0 Å². The largest absolute Gasteiger partial charge is 0.256 e. The second-order valence-corrected chi connectivity index (χ2v) is 7.07. The number of pyridine rings is 1. The topological polar surface area (TPSA) is 63.1 Å². The molecule has 5 aromatic rings. The number of anilines is 1. The molecule has 0 amide bonds. The van der Waals surface area contributed by atoms with E-state index in [1.165, 1.54) is 5.56 Å². The number of para-hydroxylation sites is 1. The number of nitrogens with zero attached hydrogens (tertiary/aromatic N) is 4. The Morgan fingerprint density at radius 3 is 2.53 bits per heavy atom. The van der Waals surface area contributed by atoms with Crippen LogP contribution in [0.25, 0.3) is 33.1 Å². The Morgan fingerprint density at radius 2 is 1.63 bits per heavy atom. The van der Waals surface area contributed by atoms with Gasteiger partial charge in [-0.05, 0) is 31.2 Å². The summed E-state index contributed by atoms with van der Waals surface area (Å²) in [7, 11) is 0. The average molecular weight is 389 g/mol. The van der Waals surface area contributed by atoms with E-state index < -0.39 is 0 Å². The van der Waals surface area contributed by atoms with Crippen LogP contribution in [0.15, 0.2) is 90.2 Å². The maximum absolute atomic E-state index is 4.76. The minimum Gasteiger partial charge on any atom is -0.256 e. The molecule has 0 atom stereocenters. The average Bonchev–Trinajstić information content (AvgIpc) is 2.79. The van der Waals surface area contributed by atoms with Gasteiger partial charge in [0.15, 0.2) is 0 Å². The van der Waals surface area contributed by atoms with Crippen molar-refractivity contribution in [2.45, 2.75) is 6.92 Å². The second-order valence-electron chi connectivity index (χ2n) is 7.07. The lowest BCUT2D eigenvalue weighted by Crippen LogP contribution is -2.00. The Labute approximate surface area is 174 Å². The summed E-state index contributed by atoms with van der Waals surface area (Å²) in [5, 5.41) is 6.46. The molecule has 0 saturated carbocycles. The molecule has 0 saturated heterocycles. The molecule has 0 radical (unpaired) electrons. The molecule has 0 spiro atoms. The maximum atomic E-state index is 4.76. The van der Waals surface area contributed by atoms with Crippen LogP contribution < -0.4 is 5.43 Å². The first-order valence-electron chi connectivity index (χ1n) is 9.74. The summed E-state index contributed by atoms with van der Waals surface area (Å²) in [6.45, 7) is 2.07. The minimum absolute atomic E-state index is 0.458. The summed E-state index contributed by atoms with van der Waals surface area (Å²) in [5.74, 6) is 0.458. The van der Waals surface area contributed by atoms with Gasteiger partial charge in [-0.15, -0.1) is 0 Å². The molecule has 5 nitrogen and oxygen atoms in total. The Hall–Kier alpha value is -4.12. The minimum atomic E-state index is 0.458. The van der Waals surface area contributed by atoms with Crippen LogP contribution in [0.2, 0.25) is 0 Å². The SMILES string of the molecule is Cc1ccc2nc(N/N=C/c3ccnc4ccccc34)nc(-c3ccccc3)c2c1. The van der Waals surface area contributed by atoms with Crippen molar-refractivity contribution in [2.75, 3.05) is 5.43 Å². The van der Waals surface area contributed by atoms with Gasteiger partial charge in [0, 0.05) is 28.1 Å². The Kier molecular flexibility index (Phi) is 4.62. The number of aromatic nitrogens is 3.